The van der Waals surface area contributed by atoms with E-state index in [0.717, 1.165) is 131 Å². The van der Waals surface area contributed by atoms with Crippen molar-refractivity contribution in [3.8, 4) is 170 Å². The van der Waals surface area contributed by atoms with Crippen molar-refractivity contribution in [2.45, 2.75) is 19.3 Å². The summed E-state index contributed by atoms with van der Waals surface area (Å²) in [6.07, 6.45) is 13.4. The molecule has 586 valence electrons. The van der Waals surface area contributed by atoms with Gasteiger partial charge in [-0.05, 0) is 98.6 Å². The second kappa shape index (κ2) is 31.5. The molecule has 9 heterocycles. The van der Waals surface area contributed by atoms with E-state index >= 15 is 0 Å². The van der Waals surface area contributed by atoms with Crippen LogP contribution < -0.4 is 0 Å². The second-order valence-corrected chi connectivity index (χ2v) is 31.9. The number of aromatic nitrogens is 15. The van der Waals surface area contributed by atoms with Gasteiger partial charge in [-0.15, -0.1) is 11.3 Å². The Kier molecular flexibility index (Phi) is 18.5. The van der Waals surface area contributed by atoms with E-state index < -0.39 is 0 Å². The van der Waals surface area contributed by atoms with Gasteiger partial charge >= 0.3 is 0 Å². The van der Waals surface area contributed by atoms with Gasteiger partial charge in [0.25, 0.3) is 0 Å². The Balaban J connectivity index is 0.000000109. The second-order valence-electron chi connectivity index (χ2n) is 30.8. The molecule has 0 amide bonds. The molecule has 0 saturated heterocycles. The number of rotatable bonds is 12. The van der Waals surface area contributed by atoms with Gasteiger partial charge in [0.2, 0.25) is 0 Å². The molecule has 0 spiro atoms. The number of fused-ring (bicyclic) bond motifs is 15. The maximum Gasteiger partial charge on any atom is 0.184 e. The zero-order valence-electron chi connectivity index (χ0n) is 66.9. The highest BCUT2D eigenvalue weighted by atomic mass is 32.1. The molecular weight excluding hydrogens is 1560 g/mol. The molecular formula is C108H67N15OS. The van der Waals surface area contributed by atoms with Crippen molar-refractivity contribution in [2.75, 3.05) is 0 Å². The van der Waals surface area contributed by atoms with Crippen LogP contribution in [0.4, 0.5) is 0 Å². The summed E-state index contributed by atoms with van der Waals surface area (Å²) in [5, 5.41) is 4.53. The first-order valence-electron chi connectivity index (χ1n) is 41.3. The van der Waals surface area contributed by atoms with Gasteiger partial charge in [-0.25, -0.2) is 59.8 Å². The molecule has 9 aromatic heterocycles. The minimum Gasteiger partial charge on any atom is -0.456 e. The topological polar surface area (TPSA) is 206 Å². The van der Waals surface area contributed by atoms with Gasteiger partial charge in [-0.2, -0.15) is 0 Å². The van der Waals surface area contributed by atoms with Gasteiger partial charge in [0.15, 0.2) is 52.4 Å². The molecule has 0 radical (unpaired) electrons. The van der Waals surface area contributed by atoms with Crippen LogP contribution in [0.2, 0.25) is 0 Å². The minimum absolute atomic E-state index is 0.488. The molecule has 22 aromatic rings. The van der Waals surface area contributed by atoms with Crippen LogP contribution in [0.3, 0.4) is 0 Å². The summed E-state index contributed by atoms with van der Waals surface area (Å²) in [7, 11) is 0. The van der Waals surface area contributed by atoms with Gasteiger partial charge in [-0.3, -0.25) is 15.0 Å². The fourth-order valence-corrected chi connectivity index (χ4v) is 18.7. The van der Waals surface area contributed by atoms with E-state index in [-0.39, 0.29) is 0 Å². The van der Waals surface area contributed by atoms with Crippen molar-refractivity contribution in [3.63, 3.8) is 0 Å². The number of hydrogen-bond donors (Lipinski definition) is 0. The molecule has 0 saturated carbocycles. The van der Waals surface area contributed by atoms with Gasteiger partial charge in [0, 0.05) is 141 Å². The number of benzene rings is 13. The lowest BCUT2D eigenvalue weighted by molar-refractivity contribution is 0.669. The van der Waals surface area contributed by atoms with E-state index in [1.807, 2.05) is 236 Å². The first-order chi connectivity index (χ1) is 61.9. The SMILES string of the molecule is c1ccc(-c2nc(-c3ccccc3)nc(-c3ccc4oc5ccc(-c6cccc7c6Cc6cncnc6-7)cc5c4c3)n2)cc1.c1ccc(-c2nc(-c3ccccc3)nc(-c3cccc4c3sc3c(-c5cccc6c5Cc5cccnc5-6)cccc34)n2)cc1.c1ccc(-c2nc(-c3ccccc3)nc(-c3cnc(-c4cccc5c4Cc4cccnc4-5)cn3)n2)cc1. The molecule has 125 heavy (non-hydrogen) atoms. The summed E-state index contributed by atoms with van der Waals surface area (Å²) < 4.78 is 8.74. The third-order valence-electron chi connectivity index (χ3n) is 23.3. The predicted molar refractivity (Wildman–Crippen MR) is 496 cm³/mol. The molecule has 0 atom stereocenters. The zero-order chi connectivity index (χ0) is 82.7. The lowest BCUT2D eigenvalue weighted by Gasteiger charge is -2.10. The standard InChI is InChI=1S/C39H24N4S.C38H23N5O.C31H20N6/c1-3-11-24(12-4-1)37-41-38(25-13-5-2-6-14-25)43-39(42-37)32-21-9-20-31-30-19-8-18-29(35(30)44-36(31)32)27-16-7-17-28-33(27)23-26-15-10-22-40-34(26)28;1-3-8-23(9-4-1)36-41-37(24-10-5-2-6-11-24)43-38(42-36)26-15-17-34-32(19-26)31-18-25(14-16-33(31)44-34)28-12-7-13-29-30(28)20-27-21-39-22-40-35(27)29;1-3-9-20(10-4-1)29-35-30(21-11-5-2-6-12-21)37-31(36-29)27-19-33-26(18-34-27)23-14-7-15-24-25(23)17-22-13-8-16-32-28(22)24/h1-22H,23H2;1-19,21-22H,20H2;1-16,18-19H,17H2. The van der Waals surface area contributed by atoms with Crippen LogP contribution in [0, 0.1) is 0 Å². The fraction of sp³-hybridized carbons (Fsp3) is 0.0278. The van der Waals surface area contributed by atoms with E-state index in [2.05, 4.69) is 142 Å². The highest BCUT2D eigenvalue weighted by molar-refractivity contribution is 7.26. The molecule has 0 aliphatic heterocycles. The highest BCUT2D eigenvalue weighted by Gasteiger charge is 2.29. The van der Waals surface area contributed by atoms with Crippen LogP contribution in [0.1, 0.15) is 33.4 Å². The Labute approximate surface area is 721 Å². The van der Waals surface area contributed by atoms with Crippen molar-refractivity contribution >= 4 is 53.4 Å². The molecule has 0 unspecified atom stereocenters. The Bertz CT molecular complexity index is 7760. The minimum atomic E-state index is 0.488. The summed E-state index contributed by atoms with van der Waals surface area (Å²) in [6, 6.07) is 114. The summed E-state index contributed by atoms with van der Waals surface area (Å²) in [5.41, 5.74) is 30.9. The fourth-order valence-electron chi connectivity index (χ4n) is 17.4. The molecule has 0 fully saturated rings. The maximum absolute atomic E-state index is 6.29. The first kappa shape index (κ1) is 73.5. The van der Waals surface area contributed by atoms with E-state index in [9.17, 15) is 0 Å². The highest BCUT2D eigenvalue weighted by Crippen LogP contribution is 2.49. The lowest BCUT2D eigenvalue weighted by atomic mass is 9.95. The molecule has 16 nitrogen and oxygen atoms in total. The van der Waals surface area contributed by atoms with Gasteiger partial charge in [-0.1, -0.05) is 285 Å². The number of nitrogens with zero attached hydrogens (tertiary/aromatic N) is 15. The van der Waals surface area contributed by atoms with Crippen molar-refractivity contribution in [1.29, 1.82) is 0 Å². The number of furan rings is 1. The van der Waals surface area contributed by atoms with Crippen molar-refractivity contribution < 1.29 is 4.42 Å². The van der Waals surface area contributed by atoms with Crippen LogP contribution in [0.5, 0.6) is 0 Å². The number of thiophene rings is 1. The van der Waals surface area contributed by atoms with Crippen LogP contribution in [0.25, 0.3) is 212 Å². The van der Waals surface area contributed by atoms with Crippen molar-refractivity contribution in [3.05, 3.63) is 404 Å². The summed E-state index contributed by atoms with van der Waals surface area (Å²) >= 11 is 1.82. The average molecular weight is 1620 g/mol. The van der Waals surface area contributed by atoms with Crippen molar-refractivity contribution in [2.24, 2.45) is 0 Å². The monoisotopic (exact) mass is 1620 g/mol. The van der Waals surface area contributed by atoms with E-state index in [1.54, 1.807) is 18.7 Å². The van der Waals surface area contributed by atoms with E-state index in [1.165, 1.54) is 75.8 Å². The van der Waals surface area contributed by atoms with E-state index in [0.29, 0.717) is 58.1 Å². The largest absolute Gasteiger partial charge is 0.456 e. The molecule has 0 N–H and O–H groups in total. The summed E-state index contributed by atoms with van der Waals surface area (Å²) in [5.74, 6) is 5.59. The zero-order valence-corrected chi connectivity index (χ0v) is 67.7. The van der Waals surface area contributed by atoms with Crippen LogP contribution >= 0.6 is 11.3 Å². The van der Waals surface area contributed by atoms with Crippen molar-refractivity contribution in [1.82, 2.24) is 74.8 Å². The summed E-state index contributed by atoms with van der Waals surface area (Å²) in [6.45, 7) is 0. The molecule has 25 rings (SSSR count). The lowest BCUT2D eigenvalue weighted by Crippen LogP contribution is -2.02. The first-order valence-corrected chi connectivity index (χ1v) is 42.1. The normalized spacial score (nSPS) is 11.9. The molecule has 3 aliphatic rings. The molecule has 3 aliphatic carbocycles. The van der Waals surface area contributed by atoms with Crippen LogP contribution in [-0.4, -0.2) is 74.8 Å². The van der Waals surface area contributed by atoms with Gasteiger partial charge in [0.1, 0.15) is 23.2 Å². The predicted octanol–water partition coefficient (Wildman–Crippen LogP) is 25.0. The van der Waals surface area contributed by atoms with Gasteiger partial charge in [0.05, 0.1) is 35.2 Å². The Morgan fingerprint density at radius 3 is 1.07 bits per heavy atom. The maximum atomic E-state index is 6.29. The summed E-state index contributed by atoms with van der Waals surface area (Å²) in [4.78, 5) is 71.6. The quantitative estimate of drug-likeness (QED) is 0.111. The van der Waals surface area contributed by atoms with Crippen LogP contribution in [0.15, 0.2) is 375 Å². The van der Waals surface area contributed by atoms with Gasteiger partial charge < -0.3 is 4.42 Å². The average Bonchev–Trinajstić information content (AvgIpc) is 1.60. The third kappa shape index (κ3) is 13.8. The molecule has 0 bridgehead atoms. The number of pyridine rings is 2. The number of hydrogen-bond acceptors (Lipinski definition) is 17. The third-order valence-corrected chi connectivity index (χ3v) is 24.6. The van der Waals surface area contributed by atoms with E-state index in [4.69, 9.17) is 64.2 Å². The Morgan fingerprint density at radius 2 is 0.584 bits per heavy atom. The Hall–Kier alpha value is -16.6. The smallest absolute Gasteiger partial charge is 0.184 e. The van der Waals surface area contributed by atoms with Crippen LogP contribution in [-0.2, 0) is 19.3 Å². The Morgan fingerprint density at radius 1 is 0.224 bits per heavy atom. The molecule has 17 heteroatoms. The molecule has 13 aromatic carbocycles.